The van der Waals surface area contributed by atoms with Gasteiger partial charge in [0.25, 0.3) is 0 Å². The maximum atomic E-state index is 5.75. The molecule has 2 rings (SSSR count). The summed E-state index contributed by atoms with van der Waals surface area (Å²) in [4.78, 5) is 14.9. The zero-order chi connectivity index (χ0) is 11.4. The summed E-state index contributed by atoms with van der Waals surface area (Å²) in [5.41, 5.74) is 4.03. The highest BCUT2D eigenvalue weighted by atomic mass is 35.5. The summed E-state index contributed by atoms with van der Waals surface area (Å²) in [7, 11) is 0. The lowest BCUT2D eigenvalue weighted by atomic mass is 10.4. The van der Waals surface area contributed by atoms with E-state index in [1.165, 1.54) is 6.33 Å². The molecule has 0 bridgehead atoms. The zero-order valence-corrected chi connectivity index (χ0v) is 9.49. The van der Waals surface area contributed by atoms with Crippen LogP contribution in [-0.4, -0.2) is 26.2 Å². The average Bonchev–Trinajstić information content (AvgIpc) is 2.72. The molecule has 0 aliphatic carbocycles. The quantitative estimate of drug-likeness (QED) is 0.486. The van der Waals surface area contributed by atoms with Crippen LogP contribution in [0.25, 0.3) is 11.2 Å². The fraction of sp³-hybridized carbons (Fsp3) is 0.333. The number of rotatable bonds is 4. The van der Waals surface area contributed by atoms with Crippen LogP contribution in [0.15, 0.2) is 11.4 Å². The third kappa shape index (κ3) is 2.27. The van der Waals surface area contributed by atoms with Crippen LogP contribution in [0.2, 0.25) is 5.28 Å². The largest absolute Gasteiger partial charge is 0.340 e. The Morgan fingerprint density at radius 1 is 1.56 bits per heavy atom. The smallest absolute Gasteiger partial charge is 0.226 e. The molecule has 0 aliphatic heterocycles. The molecule has 0 fully saturated rings. The molecule has 0 saturated carbocycles. The number of nitrogens with zero attached hydrogens (tertiary/aromatic N) is 4. The van der Waals surface area contributed by atoms with Gasteiger partial charge in [0.15, 0.2) is 11.5 Å². The molecular weight excluding hydrogens is 228 g/mol. The third-order valence-electron chi connectivity index (χ3n) is 1.94. The Morgan fingerprint density at radius 2 is 2.44 bits per heavy atom. The molecule has 6 nitrogen and oxygen atoms in total. The first-order valence-electron chi connectivity index (χ1n) is 4.95. The number of H-pyrrole nitrogens is 1. The molecule has 0 atom stereocenters. The van der Waals surface area contributed by atoms with E-state index in [0.29, 0.717) is 17.0 Å². The first-order chi connectivity index (χ1) is 7.81. The number of fused-ring (bicyclic) bond motifs is 1. The van der Waals surface area contributed by atoms with Gasteiger partial charge in [-0.2, -0.15) is 15.1 Å². The van der Waals surface area contributed by atoms with E-state index in [4.69, 9.17) is 11.6 Å². The van der Waals surface area contributed by atoms with Gasteiger partial charge in [0, 0.05) is 6.21 Å². The SMILES string of the molecule is CCC/C=N/Nc1nc(Cl)nc2nc[nH]c12. The molecule has 0 amide bonds. The number of hydrogen-bond donors (Lipinski definition) is 2. The number of imidazole rings is 1. The number of hydrogen-bond acceptors (Lipinski definition) is 5. The van der Waals surface area contributed by atoms with Gasteiger partial charge in [-0.3, -0.25) is 5.43 Å². The number of anilines is 1. The molecule has 0 aliphatic rings. The van der Waals surface area contributed by atoms with E-state index in [-0.39, 0.29) is 5.28 Å². The summed E-state index contributed by atoms with van der Waals surface area (Å²) >= 11 is 5.75. The van der Waals surface area contributed by atoms with Crippen LogP contribution in [0.5, 0.6) is 0 Å². The van der Waals surface area contributed by atoms with Crippen LogP contribution in [0.4, 0.5) is 5.82 Å². The molecule has 0 spiro atoms. The van der Waals surface area contributed by atoms with Crippen LogP contribution < -0.4 is 5.43 Å². The van der Waals surface area contributed by atoms with Gasteiger partial charge in [0.05, 0.1) is 6.33 Å². The topological polar surface area (TPSA) is 78.8 Å². The minimum atomic E-state index is 0.146. The van der Waals surface area contributed by atoms with E-state index in [1.807, 2.05) is 0 Å². The lowest BCUT2D eigenvalue weighted by Crippen LogP contribution is -1.96. The Labute approximate surface area is 97.2 Å². The minimum Gasteiger partial charge on any atom is -0.340 e. The molecule has 0 saturated heterocycles. The molecule has 0 aromatic carbocycles. The summed E-state index contributed by atoms with van der Waals surface area (Å²) in [6.07, 6.45) is 5.29. The van der Waals surface area contributed by atoms with Gasteiger partial charge in [0.1, 0.15) is 5.52 Å². The lowest BCUT2D eigenvalue weighted by molar-refractivity contribution is 1.00. The normalized spacial score (nSPS) is 11.4. The summed E-state index contributed by atoms with van der Waals surface area (Å²) in [5, 5.41) is 4.18. The standard InChI is InChI=1S/C9H11ClN6/c1-2-3-4-13-16-8-6-7(12-5-11-6)14-9(10)15-8/h4-5H,2-3H2,1H3,(H2,11,12,14,15,16)/b13-4+. The van der Waals surface area contributed by atoms with Gasteiger partial charge in [0.2, 0.25) is 5.28 Å². The molecule has 2 aromatic rings. The van der Waals surface area contributed by atoms with Crippen molar-refractivity contribution in [3.8, 4) is 0 Å². The fourth-order valence-electron chi connectivity index (χ4n) is 1.19. The highest BCUT2D eigenvalue weighted by molar-refractivity contribution is 6.28. The first kappa shape index (κ1) is 10.8. The Balaban J connectivity index is 2.25. The van der Waals surface area contributed by atoms with Crippen LogP contribution in [0.1, 0.15) is 19.8 Å². The third-order valence-corrected chi connectivity index (χ3v) is 2.11. The monoisotopic (exact) mass is 238 g/mol. The molecular formula is C9H11ClN6. The lowest BCUT2D eigenvalue weighted by Gasteiger charge is -2.00. The number of aromatic amines is 1. The Bertz CT molecular complexity index is 506. The highest BCUT2D eigenvalue weighted by Gasteiger charge is 2.07. The average molecular weight is 239 g/mol. The summed E-state index contributed by atoms with van der Waals surface area (Å²) in [6.45, 7) is 2.08. The van der Waals surface area contributed by atoms with Crippen molar-refractivity contribution in [1.29, 1.82) is 0 Å². The van der Waals surface area contributed by atoms with E-state index < -0.39 is 0 Å². The van der Waals surface area contributed by atoms with Crippen LogP contribution in [0, 0.1) is 0 Å². The van der Waals surface area contributed by atoms with Crippen molar-refractivity contribution in [2.75, 3.05) is 5.43 Å². The van der Waals surface area contributed by atoms with Crippen molar-refractivity contribution < 1.29 is 0 Å². The van der Waals surface area contributed by atoms with Crippen molar-refractivity contribution in [1.82, 2.24) is 19.9 Å². The van der Waals surface area contributed by atoms with Crippen molar-refractivity contribution in [3.05, 3.63) is 11.6 Å². The van der Waals surface area contributed by atoms with Crippen molar-refractivity contribution in [2.24, 2.45) is 5.10 Å². The van der Waals surface area contributed by atoms with Gasteiger partial charge in [-0.05, 0) is 18.0 Å². The maximum absolute atomic E-state index is 5.75. The summed E-state index contributed by atoms with van der Waals surface area (Å²) in [6, 6.07) is 0. The van der Waals surface area contributed by atoms with Crippen molar-refractivity contribution in [3.63, 3.8) is 0 Å². The number of halogens is 1. The molecule has 0 radical (unpaired) electrons. The van der Waals surface area contributed by atoms with Crippen LogP contribution in [-0.2, 0) is 0 Å². The van der Waals surface area contributed by atoms with Gasteiger partial charge in [-0.25, -0.2) is 4.98 Å². The molecule has 16 heavy (non-hydrogen) atoms. The first-order valence-corrected chi connectivity index (χ1v) is 5.33. The van der Waals surface area contributed by atoms with E-state index >= 15 is 0 Å². The molecule has 2 heterocycles. The van der Waals surface area contributed by atoms with Gasteiger partial charge in [-0.15, -0.1) is 0 Å². The number of unbranched alkanes of at least 4 members (excludes halogenated alkanes) is 1. The zero-order valence-electron chi connectivity index (χ0n) is 8.74. The van der Waals surface area contributed by atoms with E-state index in [1.54, 1.807) is 6.21 Å². The number of aromatic nitrogens is 4. The summed E-state index contributed by atoms with van der Waals surface area (Å²) < 4.78 is 0. The van der Waals surface area contributed by atoms with Gasteiger partial charge < -0.3 is 4.98 Å². The highest BCUT2D eigenvalue weighted by Crippen LogP contribution is 2.18. The molecule has 84 valence electrons. The van der Waals surface area contributed by atoms with Crippen LogP contribution >= 0.6 is 11.6 Å². The Kier molecular flexibility index (Phi) is 3.31. The second-order valence-corrected chi connectivity index (χ2v) is 3.49. The minimum absolute atomic E-state index is 0.146. The van der Waals surface area contributed by atoms with Gasteiger partial charge in [-0.1, -0.05) is 13.3 Å². The molecule has 2 N–H and O–H groups in total. The molecule has 2 aromatic heterocycles. The second-order valence-electron chi connectivity index (χ2n) is 3.15. The molecule has 7 heteroatoms. The Hall–Kier alpha value is -1.69. The Morgan fingerprint density at radius 3 is 3.25 bits per heavy atom. The number of hydrazone groups is 1. The van der Waals surface area contributed by atoms with E-state index in [2.05, 4.69) is 37.4 Å². The van der Waals surface area contributed by atoms with E-state index in [9.17, 15) is 0 Å². The number of nitrogens with one attached hydrogen (secondary N) is 2. The second kappa shape index (κ2) is 4.89. The van der Waals surface area contributed by atoms with E-state index in [0.717, 1.165) is 12.8 Å². The fourth-order valence-corrected chi connectivity index (χ4v) is 1.35. The predicted molar refractivity (Wildman–Crippen MR) is 63.7 cm³/mol. The predicted octanol–water partition coefficient (Wildman–Crippen LogP) is 2.20. The van der Waals surface area contributed by atoms with Gasteiger partial charge >= 0.3 is 0 Å². The molecule has 0 unspecified atom stereocenters. The van der Waals surface area contributed by atoms with Crippen molar-refractivity contribution >= 4 is 34.8 Å². The maximum Gasteiger partial charge on any atom is 0.226 e. The van der Waals surface area contributed by atoms with Crippen molar-refractivity contribution in [2.45, 2.75) is 19.8 Å². The summed E-state index contributed by atoms with van der Waals surface area (Å²) in [5.74, 6) is 0.528. The van der Waals surface area contributed by atoms with Crippen LogP contribution in [0.3, 0.4) is 0 Å².